The molecule has 5 heteroatoms. The van der Waals surface area contributed by atoms with E-state index in [0.717, 1.165) is 23.6 Å². The molecule has 0 bridgehead atoms. The van der Waals surface area contributed by atoms with E-state index in [1.54, 1.807) is 13.3 Å². The van der Waals surface area contributed by atoms with Gasteiger partial charge in [0.05, 0.1) is 30.1 Å². The molecule has 4 nitrogen and oxygen atoms in total. The number of hydrogen-bond acceptors (Lipinski definition) is 3. The van der Waals surface area contributed by atoms with Crippen molar-refractivity contribution in [3.8, 4) is 5.75 Å². The normalized spacial score (nSPS) is 12.4. The Balaban J connectivity index is 2.40. The lowest BCUT2D eigenvalue weighted by Crippen LogP contribution is -2.17. The molecule has 1 aromatic carbocycles. The quantitative estimate of drug-likeness (QED) is 0.925. The number of aromatic nitrogens is 2. The minimum absolute atomic E-state index is 0.310. The molecule has 0 spiro atoms. The first-order chi connectivity index (χ1) is 8.67. The zero-order valence-corrected chi connectivity index (χ0v) is 11.2. The van der Waals surface area contributed by atoms with Crippen molar-refractivity contribution in [2.24, 2.45) is 5.73 Å². The smallest absolute Gasteiger partial charge is 0.119 e. The first-order valence-electron chi connectivity index (χ1n) is 5.78. The van der Waals surface area contributed by atoms with Crippen LogP contribution in [0.25, 0.3) is 0 Å². The maximum atomic E-state index is 6.26. The molecule has 1 unspecified atom stereocenters. The van der Waals surface area contributed by atoms with Gasteiger partial charge < -0.3 is 10.5 Å². The highest BCUT2D eigenvalue weighted by Crippen LogP contribution is 2.28. The second-order valence-electron chi connectivity index (χ2n) is 3.95. The van der Waals surface area contributed by atoms with Gasteiger partial charge in [-0.25, -0.2) is 0 Å². The number of ether oxygens (including phenoxy) is 1. The Morgan fingerprint density at radius 2 is 2.28 bits per heavy atom. The molecule has 0 fully saturated rings. The predicted octanol–water partition coefficient (Wildman–Crippen LogP) is 2.61. The predicted molar refractivity (Wildman–Crippen MR) is 71.9 cm³/mol. The summed E-state index contributed by atoms with van der Waals surface area (Å²) in [5.41, 5.74) is 8.04. The summed E-state index contributed by atoms with van der Waals surface area (Å²) in [5, 5.41) is 4.79. The van der Waals surface area contributed by atoms with Gasteiger partial charge in [0.1, 0.15) is 5.75 Å². The lowest BCUT2D eigenvalue weighted by Gasteiger charge is -2.15. The lowest BCUT2D eigenvalue weighted by molar-refractivity contribution is 0.414. The van der Waals surface area contributed by atoms with Crippen LogP contribution in [0.4, 0.5) is 0 Å². The third-order valence-corrected chi connectivity index (χ3v) is 3.17. The Morgan fingerprint density at radius 1 is 1.50 bits per heavy atom. The Hall–Kier alpha value is -1.52. The largest absolute Gasteiger partial charge is 0.497 e. The first kappa shape index (κ1) is 12.9. The summed E-state index contributed by atoms with van der Waals surface area (Å²) in [6.45, 7) is 2.74. The number of nitrogens with two attached hydrogens (primary N) is 1. The summed E-state index contributed by atoms with van der Waals surface area (Å²) < 4.78 is 7.01. The average molecular weight is 266 g/mol. The highest BCUT2D eigenvalue weighted by atomic mass is 35.5. The molecule has 1 heterocycles. The number of rotatable bonds is 4. The van der Waals surface area contributed by atoms with Crippen LogP contribution in [0.5, 0.6) is 5.75 Å². The molecule has 0 radical (unpaired) electrons. The molecule has 0 amide bonds. The average Bonchev–Trinajstić information content (AvgIpc) is 2.79. The van der Waals surface area contributed by atoms with Crippen LogP contribution in [0.2, 0.25) is 5.02 Å². The summed E-state index contributed by atoms with van der Waals surface area (Å²) in [6.07, 6.45) is 1.63. The number of nitrogens with zero attached hydrogens (tertiary/aromatic N) is 2. The Bertz CT molecular complexity index is 539. The highest BCUT2D eigenvalue weighted by Gasteiger charge is 2.18. The zero-order chi connectivity index (χ0) is 13.1. The second kappa shape index (κ2) is 5.42. The molecule has 0 saturated heterocycles. The molecule has 96 valence electrons. The second-order valence-corrected chi connectivity index (χ2v) is 4.35. The van der Waals surface area contributed by atoms with Crippen LogP contribution < -0.4 is 10.5 Å². The minimum atomic E-state index is -0.310. The molecule has 0 aliphatic carbocycles. The van der Waals surface area contributed by atoms with Crippen LogP contribution in [-0.4, -0.2) is 16.9 Å². The summed E-state index contributed by atoms with van der Waals surface area (Å²) in [4.78, 5) is 0. The van der Waals surface area contributed by atoms with Crippen LogP contribution in [0.1, 0.15) is 24.2 Å². The van der Waals surface area contributed by atoms with Gasteiger partial charge in [0.25, 0.3) is 0 Å². The molecule has 1 aromatic heterocycles. The molecular weight excluding hydrogens is 250 g/mol. The van der Waals surface area contributed by atoms with Gasteiger partial charge in [-0.3, -0.25) is 4.68 Å². The topological polar surface area (TPSA) is 53.1 Å². The molecule has 1 atom stereocenters. The summed E-state index contributed by atoms with van der Waals surface area (Å²) >= 11 is 6.15. The van der Waals surface area contributed by atoms with Gasteiger partial charge >= 0.3 is 0 Å². The lowest BCUT2D eigenvalue weighted by atomic mass is 10.0. The summed E-state index contributed by atoms with van der Waals surface area (Å²) in [5.74, 6) is 0.779. The van der Waals surface area contributed by atoms with E-state index < -0.39 is 0 Å². The third kappa shape index (κ3) is 2.35. The van der Waals surface area contributed by atoms with Gasteiger partial charge in [0.2, 0.25) is 0 Å². The van der Waals surface area contributed by atoms with E-state index in [4.69, 9.17) is 22.1 Å². The number of benzene rings is 1. The summed E-state index contributed by atoms with van der Waals surface area (Å²) in [7, 11) is 1.63. The van der Waals surface area contributed by atoms with E-state index in [9.17, 15) is 0 Å². The van der Waals surface area contributed by atoms with E-state index in [0.29, 0.717) is 5.02 Å². The Labute approximate surface area is 111 Å². The highest BCUT2D eigenvalue weighted by molar-refractivity contribution is 6.31. The minimum Gasteiger partial charge on any atom is -0.497 e. The van der Waals surface area contributed by atoms with Crippen molar-refractivity contribution in [3.05, 3.63) is 46.7 Å². The molecule has 0 aliphatic rings. The SMILES string of the molecule is CCn1ncc(Cl)c1C(N)c1cccc(OC)c1. The number of aryl methyl sites for hydroxylation is 1. The van der Waals surface area contributed by atoms with E-state index in [1.165, 1.54) is 0 Å². The fraction of sp³-hybridized carbons (Fsp3) is 0.308. The van der Waals surface area contributed by atoms with Crippen molar-refractivity contribution < 1.29 is 4.74 Å². The van der Waals surface area contributed by atoms with E-state index in [-0.39, 0.29) is 6.04 Å². The van der Waals surface area contributed by atoms with E-state index in [2.05, 4.69) is 5.10 Å². The third-order valence-electron chi connectivity index (χ3n) is 2.88. The molecule has 2 aromatic rings. The van der Waals surface area contributed by atoms with Crippen LogP contribution in [0.3, 0.4) is 0 Å². The van der Waals surface area contributed by atoms with Crippen LogP contribution in [0.15, 0.2) is 30.5 Å². The zero-order valence-electron chi connectivity index (χ0n) is 10.4. The van der Waals surface area contributed by atoms with Crippen molar-refractivity contribution in [3.63, 3.8) is 0 Å². The number of methoxy groups -OCH3 is 1. The fourth-order valence-electron chi connectivity index (χ4n) is 1.93. The monoisotopic (exact) mass is 265 g/mol. The van der Waals surface area contributed by atoms with Crippen molar-refractivity contribution in [2.75, 3.05) is 7.11 Å². The molecule has 0 aliphatic heterocycles. The fourth-order valence-corrected chi connectivity index (χ4v) is 2.18. The van der Waals surface area contributed by atoms with Gasteiger partial charge in [0.15, 0.2) is 0 Å². The van der Waals surface area contributed by atoms with Gasteiger partial charge in [-0.05, 0) is 24.6 Å². The van der Waals surface area contributed by atoms with Gasteiger partial charge in [-0.1, -0.05) is 23.7 Å². The van der Waals surface area contributed by atoms with Gasteiger partial charge in [0, 0.05) is 6.54 Å². The molecular formula is C13H16ClN3O. The van der Waals surface area contributed by atoms with Gasteiger partial charge in [-0.15, -0.1) is 0 Å². The molecule has 0 saturated carbocycles. The summed E-state index contributed by atoms with van der Waals surface area (Å²) in [6, 6.07) is 7.35. The molecule has 18 heavy (non-hydrogen) atoms. The standard InChI is InChI=1S/C13H16ClN3O/c1-3-17-13(11(14)8-16-17)12(15)9-5-4-6-10(7-9)18-2/h4-8,12H,3,15H2,1-2H3. The van der Waals surface area contributed by atoms with Crippen molar-refractivity contribution >= 4 is 11.6 Å². The maximum Gasteiger partial charge on any atom is 0.119 e. The van der Waals surface area contributed by atoms with Crippen molar-refractivity contribution in [1.82, 2.24) is 9.78 Å². The first-order valence-corrected chi connectivity index (χ1v) is 6.16. The van der Waals surface area contributed by atoms with Gasteiger partial charge in [-0.2, -0.15) is 5.10 Å². The Kier molecular flexibility index (Phi) is 3.89. The van der Waals surface area contributed by atoms with Crippen LogP contribution in [0, 0.1) is 0 Å². The van der Waals surface area contributed by atoms with Crippen molar-refractivity contribution in [2.45, 2.75) is 19.5 Å². The molecule has 2 rings (SSSR count). The maximum absolute atomic E-state index is 6.26. The Morgan fingerprint density at radius 3 is 2.94 bits per heavy atom. The number of halogens is 1. The van der Waals surface area contributed by atoms with Crippen LogP contribution in [-0.2, 0) is 6.54 Å². The molecule has 2 N–H and O–H groups in total. The van der Waals surface area contributed by atoms with E-state index >= 15 is 0 Å². The number of hydrogen-bond donors (Lipinski definition) is 1. The van der Waals surface area contributed by atoms with E-state index in [1.807, 2.05) is 35.9 Å². The van der Waals surface area contributed by atoms with Crippen molar-refractivity contribution in [1.29, 1.82) is 0 Å². The van der Waals surface area contributed by atoms with Crippen LogP contribution >= 0.6 is 11.6 Å².